The first-order valence-electron chi connectivity index (χ1n) is 7.40. The van der Waals surface area contributed by atoms with E-state index >= 15 is 0 Å². The van der Waals surface area contributed by atoms with Crippen LogP contribution in [0.1, 0.15) is 53.4 Å². The van der Waals surface area contributed by atoms with Crippen molar-refractivity contribution in [3.8, 4) is 0 Å². The number of carbonyl (C=O) groups is 3. The van der Waals surface area contributed by atoms with Gasteiger partial charge < -0.3 is 14.7 Å². The molecule has 0 spiro atoms. The average molecular weight is 282 g/mol. The summed E-state index contributed by atoms with van der Waals surface area (Å²) in [7, 11) is 0. The van der Waals surface area contributed by atoms with Crippen molar-refractivity contribution >= 4 is 18.0 Å². The number of carboxylic acid groups (broad SMARTS) is 1. The van der Waals surface area contributed by atoms with Gasteiger partial charge in [-0.05, 0) is 51.4 Å². The Labute approximate surface area is 120 Å². The first-order valence-corrected chi connectivity index (χ1v) is 7.40. The van der Waals surface area contributed by atoms with Crippen LogP contribution < -0.4 is 0 Å². The van der Waals surface area contributed by atoms with Crippen LogP contribution in [0, 0.1) is 29.1 Å². The first kappa shape index (κ1) is 16.9. The van der Waals surface area contributed by atoms with Crippen LogP contribution in [0.15, 0.2) is 0 Å². The maximum atomic E-state index is 11.6. The molecule has 0 aromatic carbocycles. The lowest BCUT2D eigenvalue weighted by atomic mass is 9.58. The van der Waals surface area contributed by atoms with Gasteiger partial charge in [0.05, 0.1) is 5.41 Å². The van der Waals surface area contributed by atoms with Gasteiger partial charge >= 0.3 is 5.97 Å². The molecule has 0 aromatic rings. The molecule has 0 aromatic heterocycles. The minimum Gasteiger partial charge on any atom is -0.481 e. The highest BCUT2D eigenvalue weighted by Crippen LogP contribution is 2.47. The van der Waals surface area contributed by atoms with Crippen LogP contribution in [0.5, 0.6) is 0 Å². The Kier molecular flexibility index (Phi) is 5.49. The highest BCUT2D eigenvalue weighted by atomic mass is 16.4. The summed E-state index contributed by atoms with van der Waals surface area (Å²) in [5.74, 6) is -0.648. The van der Waals surface area contributed by atoms with Gasteiger partial charge in [0.25, 0.3) is 0 Å². The summed E-state index contributed by atoms with van der Waals surface area (Å²) in [5, 5.41) is 9.41. The zero-order chi connectivity index (χ0) is 15.5. The molecule has 0 bridgehead atoms. The summed E-state index contributed by atoms with van der Waals surface area (Å²) >= 11 is 0. The summed E-state index contributed by atoms with van der Waals surface area (Å²) < 4.78 is 0. The molecular formula is C16H26O4. The molecular weight excluding hydrogens is 256 g/mol. The van der Waals surface area contributed by atoms with Gasteiger partial charge in [-0.2, -0.15) is 0 Å². The molecule has 0 aliphatic heterocycles. The quantitative estimate of drug-likeness (QED) is 0.760. The van der Waals surface area contributed by atoms with Gasteiger partial charge in [0, 0.05) is 12.3 Å². The fraction of sp³-hybridized carbons (Fsp3) is 0.812. The predicted molar refractivity (Wildman–Crippen MR) is 76.3 cm³/mol. The number of Topliss-reactive ketones (excluding diaryl/α,β-unsaturated/α-hetero) is 1. The van der Waals surface area contributed by atoms with Crippen LogP contribution >= 0.6 is 0 Å². The van der Waals surface area contributed by atoms with Crippen molar-refractivity contribution in [2.75, 3.05) is 0 Å². The monoisotopic (exact) mass is 282 g/mol. The van der Waals surface area contributed by atoms with Gasteiger partial charge in [0.15, 0.2) is 0 Å². The number of rotatable bonds is 6. The van der Waals surface area contributed by atoms with E-state index in [4.69, 9.17) is 0 Å². The Bertz CT molecular complexity index is 386. The number of aliphatic carboxylic acids is 1. The van der Waals surface area contributed by atoms with E-state index in [0.29, 0.717) is 18.8 Å². The van der Waals surface area contributed by atoms with Crippen molar-refractivity contribution in [3.05, 3.63) is 0 Å². The molecule has 4 nitrogen and oxygen atoms in total. The SMILES string of the molecule is CC(=O)CC[C@@H]1[C@@H](C=O)[C@H](C(C)(C)C(=O)O)CC[C@H]1C. The van der Waals surface area contributed by atoms with E-state index in [0.717, 1.165) is 19.1 Å². The van der Waals surface area contributed by atoms with Crippen molar-refractivity contribution in [2.24, 2.45) is 29.1 Å². The summed E-state index contributed by atoms with van der Waals surface area (Å²) in [6.45, 7) is 7.07. The largest absolute Gasteiger partial charge is 0.481 e. The predicted octanol–water partition coefficient (Wildman–Crippen LogP) is 2.94. The molecule has 1 saturated carbocycles. The molecule has 1 fully saturated rings. The second-order valence-corrected chi connectivity index (χ2v) is 6.81. The highest BCUT2D eigenvalue weighted by Gasteiger charge is 2.47. The van der Waals surface area contributed by atoms with Gasteiger partial charge in [-0.25, -0.2) is 0 Å². The van der Waals surface area contributed by atoms with E-state index in [-0.39, 0.29) is 23.5 Å². The van der Waals surface area contributed by atoms with Crippen LogP contribution in [-0.2, 0) is 14.4 Å². The molecule has 1 aliphatic rings. The van der Waals surface area contributed by atoms with E-state index < -0.39 is 11.4 Å². The third kappa shape index (κ3) is 3.47. The highest BCUT2D eigenvalue weighted by molar-refractivity contribution is 5.76. The summed E-state index contributed by atoms with van der Waals surface area (Å²) in [5.41, 5.74) is -0.903. The lowest BCUT2D eigenvalue weighted by Crippen LogP contribution is -2.45. The van der Waals surface area contributed by atoms with E-state index in [2.05, 4.69) is 6.92 Å². The topological polar surface area (TPSA) is 71.4 Å². The van der Waals surface area contributed by atoms with Gasteiger partial charge in [-0.1, -0.05) is 13.3 Å². The first-order chi connectivity index (χ1) is 9.21. The van der Waals surface area contributed by atoms with Gasteiger partial charge in [0.1, 0.15) is 12.1 Å². The fourth-order valence-electron chi connectivity index (χ4n) is 3.57. The minimum atomic E-state index is -0.903. The van der Waals surface area contributed by atoms with Crippen molar-refractivity contribution in [2.45, 2.75) is 53.4 Å². The number of ketones is 1. The molecule has 0 unspecified atom stereocenters. The summed E-state index contributed by atoms with van der Waals surface area (Å²) in [4.78, 5) is 34.2. The van der Waals surface area contributed by atoms with Crippen molar-refractivity contribution in [1.82, 2.24) is 0 Å². The molecule has 4 atom stereocenters. The Morgan fingerprint density at radius 1 is 1.30 bits per heavy atom. The molecule has 0 saturated heterocycles. The summed E-state index contributed by atoms with van der Waals surface area (Å²) in [6.07, 6.45) is 3.77. The fourth-order valence-corrected chi connectivity index (χ4v) is 3.57. The molecule has 4 heteroatoms. The third-order valence-electron chi connectivity index (χ3n) is 5.09. The van der Waals surface area contributed by atoms with Gasteiger partial charge in [-0.15, -0.1) is 0 Å². The van der Waals surface area contributed by atoms with E-state index in [9.17, 15) is 19.5 Å². The number of hydrogen-bond donors (Lipinski definition) is 1. The zero-order valence-electron chi connectivity index (χ0n) is 12.9. The maximum Gasteiger partial charge on any atom is 0.309 e. The van der Waals surface area contributed by atoms with Crippen molar-refractivity contribution in [3.63, 3.8) is 0 Å². The lowest BCUT2D eigenvalue weighted by Gasteiger charge is -2.44. The number of carboxylic acids is 1. The smallest absolute Gasteiger partial charge is 0.309 e. The normalized spacial score (nSPS) is 30.8. The maximum absolute atomic E-state index is 11.6. The van der Waals surface area contributed by atoms with E-state index in [1.165, 1.54) is 0 Å². The Hall–Kier alpha value is -1.19. The van der Waals surface area contributed by atoms with Crippen LogP contribution in [-0.4, -0.2) is 23.1 Å². The Morgan fingerprint density at radius 3 is 2.35 bits per heavy atom. The van der Waals surface area contributed by atoms with Gasteiger partial charge in [0.2, 0.25) is 0 Å². The molecule has 114 valence electrons. The van der Waals surface area contributed by atoms with Crippen LogP contribution in [0.4, 0.5) is 0 Å². The van der Waals surface area contributed by atoms with Crippen molar-refractivity contribution in [1.29, 1.82) is 0 Å². The number of carbonyl (C=O) groups excluding carboxylic acids is 2. The average Bonchev–Trinajstić information content (AvgIpc) is 2.35. The van der Waals surface area contributed by atoms with Crippen molar-refractivity contribution < 1.29 is 19.5 Å². The van der Waals surface area contributed by atoms with Crippen LogP contribution in [0.2, 0.25) is 0 Å². The van der Waals surface area contributed by atoms with E-state index in [1.807, 2.05) is 0 Å². The van der Waals surface area contributed by atoms with Crippen LogP contribution in [0.25, 0.3) is 0 Å². The van der Waals surface area contributed by atoms with E-state index in [1.54, 1.807) is 20.8 Å². The molecule has 0 amide bonds. The zero-order valence-corrected chi connectivity index (χ0v) is 12.9. The minimum absolute atomic E-state index is 0.119. The standard InChI is InChI=1S/C16H26O4/c1-10-5-8-14(16(3,4)15(19)20)13(9-17)12(10)7-6-11(2)18/h9-10,12-14H,5-8H2,1-4H3,(H,19,20)/t10-,12+,13-,14-/m1/s1. The lowest BCUT2D eigenvalue weighted by molar-refractivity contribution is -0.154. The molecule has 1 rings (SSSR count). The molecule has 1 aliphatic carbocycles. The number of aldehydes is 1. The molecule has 0 radical (unpaired) electrons. The second kappa shape index (κ2) is 6.51. The Morgan fingerprint density at radius 2 is 1.90 bits per heavy atom. The molecule has 1 N–H and O–H groups in total. The third-order valence-corrected chi connectivity index (χ3v) is 5.09. The summed E-state index contributed by atoms with van der Waals surface area (Å²) in [6, 6.07) is 0. The van der Waals surface area contributed by atoms with Gasteiger partial charge in [-0.3, -0.25) is 4.79 Å². The molecule has 0 heterocycles. The Balaban J connectivity index is 2.96. The number of hydrogen-bond acceptors (Lipinski definition) is 3. The second-order valence-electron chi connectivity index (χ2n) is 6.81. The molecule has 20 heavy (non-hydrogen) atoms. The van der Waals surface area contributed by atoms with Crippen LogP contribution in [0.3, 0.4) is 0 Å².